The van der Waals surface area contributed by atoms with E-state index in [4.69, 9.17) is 4.74 Å². The van der Waals surface area contributed by atoms with Crippen molar-refractivity contribution < 1.29 is 9.53 Å². The van der Waals surface area contributed by atoms with E-state index in [1.165, 1.54) is 0 Å². The summed E-state index contributed by atoms with van der Waals surface area (Å²) in [5.74, 6) is 0.271. The first-order valence-electron chi connectivity index (χ1n) is 7.06. The summed E-state index contributed by atoms with van der Waals surface area (Å²) in [6, 6.07) is 0.959. The Kier molecular flexibility index (Phi) is 3.97. The van der Waals surface area contributed by atoms with Crippen molar-refractivity contribution in [2.24, 2.45) is 5.41 Å². The molecule has 3 atom stereocenters. The Morgan fingerprint density at radius 1 is 1.50 bits per heavy atom. The van der Waals surface area contributed by atoms with Gasteiger partial charge in [-0.2, -0.15) is 0 Å². The van der Waals surface area contributed by atoms with Crippen molar-refractivity contribution in [3.8, 4) is 0 Å². The molecule has 0 spiro atoms. The molecule has 4 heteroatoms. The number of amides is 1. The van der Waals surface area contributed by atoms with Crippen molar-refractivity contribution >= 4 is 5.91 Å². The summed E-state index contributed by atoms with van der Waals surface area (Å²) in [6.07, 6.45) is 3.11. The van der Waals surface area contributed by atoms with Crippen LogP contribution in [0, 0.1) is 5.41 Å². The molecule has 2 fully saturated rings. The molecule has 1 amide bonds. The molecule has 1 N–H and O–H groups in total. The lowest BCUT2D eigenvalue weighted by Gasteiger charge is -2.53. The van der Waals surface area contributed by atoms with Gasteiger partial charge in [-0.15, -0.1) is 0 Å². The maximum atomic E-state index is 11.5. The Morgan fingerprint density at radius 3 is 2.78 bits per heavy atom. The minimum atomic E-state index is 0.204. The quantitative estimate of drug-likeness (QED) is 0.824. The number of nitrogens with zero attached hydrogens (tertiary/aromatic N) is 1. The maximum Gasteiger partial charge on any atom is 0.222 e. The summed E-state index contributed by atoms with van der Waals surface area (Å²) in [5.41, 5.74) is 0.204. The van der Waals surface area contributed by atoms with E-state index in [-0.39, 0.29) is 11.3 Å². The first-order chi connectivity index (χ1) is 8.45. The number of likely N-dealkylation sites (tertiary alicyclic amines) is 1. The number of hydrogen-bond donors (Lipinski definition) is 1. The van der Waals surface area contributed by atoms with Crippen LogP contribution in [0.3, 0.4) is 0 Å². The highest BCUT2D eigenvalue weighted by Gasteiger charge is 2.49. The second kappa shape index (κ2) is 5.17. The Labute approximate surface area is 110 Å². The number of ether oxygens (including phenoxy) is 1. The van der Waals surface area contributed by atoms with E-state index in [9.17, 15) is 4.79 Å². The molecule has 0 radical (unpaired) electrons. The van der Waals surface area contributed by atoms with Crippen LogP contribution in [0.25, 0.3) is 0 Å². The highest BCUT2D eigenvalue weighted by Crippen LogP contribution is 2.43. The van der Waals surface area contributed by atoms with Crippen LogP contribution in [-0.2, 0) is 9.53 Å². The molecule has 0 aromatic rings. The van der Waals surface area contributed by atoms with Crippen LogP contribution in [0.1, 0.15) is 40.0 Å². The molecule has 1 heterocycles. The van der Waals surface area contributed by atoms with E-state index >= 15 is 0 Å². The monoisotopic (exact) mass is 254 g/mol. The molecule has 1 saturated carbocycles. The van der Waals surface area contributed by atoms with Gasteiger partial charge in [-0.25, -0.2) is 0 Å². The highest BCUT2D eigenvalue weighted by molar-refractivity contribution is 5.76. The zero-order chi connectivity index (χ0) is 13.3. The lowest BCUT2D eigenvalue weighted by atomic mass is 9.64. The van der Waals surface area contributed by atoms with Gasteiger partial charge >= 0.3 is 0 Å². The van der Waals surface area contributed by atoms with Gasteiger partial charge in [-0.1, -0.05) is 13.8 Å². The zero-order valence-electron chi connectivity index (χ0n) is 12.0. The van der Waals surface area contributed by atoms with E-state index in [1.807, 2.05) is 11.9 Å². The predicted octanol–water partition coefficient (Wildman–Crippen LogP) is 1.40. The fourth-order valence-corrected chi connectivity index (χ4v) is 3.09. The molecule has 104 valence electrons. The first kappa shape index (κ1) is 13.8. The second-order valence-corrected chi connectivity index (χ2v) is 6.23. The molecule has 1 saturated heterocycles. The van der Waals surface area contributed by atoms with E-state index in [0.717, 1.165) is 26.0 Å². The van der Waals surface area contributed by atoms with Crippen LogP contribution in [0.4, 0.5) is 0 Å². The number of carbonyl (C=O) groups is 1. The number of nitrogens with one attached hydrogen (secondary N) is 1. The fraction of sp³-hybridized carbons (Fsp3) is 0.929. The fourth-order valence-electron chi connectivity index (χ4n) is 3.09. The van der Waals surface area contributed by atoms with Gasteiger partial charge in [-0.05, 0) is 19.8 Å². The number of rotatable bonds is 4. The summed E-state index contributed by atoms with van der Waals surface area (Å²) >= 11 is 0. The van der Waals surface area contributed by atoms with E-state index in [0.29, 0.717) is 24.6 Å². The molecule has 18 heavy (non-hydrogen) atoms. The molecule has 0 aromatic carbocycles. The predicted molar refractivity (Wildman–Crippen MR) is 71.4 cm³/mol. The third kappa shape index (κ3) is 2.54. The number of hydrogen-bond acceptors (Lipinski definition) is 3. The van der Waals surface area contributed by atoms with Gasteiger partial charge in [0, 0.05) is 44.1 Å². The molecule has 1 aliphatic carbocycles. The molecule has 3 unspecified atom stereocenters. The zero-order valence-corrected chi connectivity index (χ0v) is 12.0. The van der Waals surface area contributed by atoms with Crippen molar-refractivity contribution in [3.63, 3.8) is 0 Å². The lowest BCUT2D eigenvalue weighted by Crippen LogP contribution is -2.64. The second-order valence-electron chi connectivity index (χ2n) is 6.23. The Bertz CT molecular complexity index is 317. The van der Waals surface area contributed by atoms with Crippen molar-refractivity contribution in [1.82, 2.24) is 10.2 Å². The largest absolute Gasteiger partial charge is 0.378 e. The van der Waals surface area contributed by atoms with E-state index in [1.54, 1.807) is 0 Å². The maximum absolute atomic E-state index is 11.5. The molecule has 0 aromatic heterocycles. The molecular formula is C14H26N2O2. The van der Waals surface area contributed by atoms with E-state index in [2.05, 4.69) is 26.1 Å². The minimum absolute atomic E-state index is 0.204. The summed E-state index contributed by atoms with van der Waals surface area (Å²) in [7, 11) is 1.89. The van der Waals surface area contributed by atoms with Gasteiger partial charge in [0.05, 0.1) is 6.10 Å². The third-order valence-electron chi connectivity index (χ3n) is 4.61. The van der Waals surface area contributed by atoms with Gasteiger partial charge in [-0.3, -0.25) is 4.79 Å². The number of piperidine rings is 1. The van der Waals surface area contributed by atoms with Crippen LogP contribution < -0.4 is 5.32 Å². The SMILES string of the molecule is CCOC1CC(NC2CCC(=O)N(C)C2)C1(C)C. The Morgan fingerprint density at radius 2 is 2.22 bits per heavy atom. The van der Waals surface area contributed by atoms with Crippen LogP contribution in [0.5, 0.6) is 0 Å². The molecule has 1 aliphatic heterocycles. The first-order valence-corrected chi connectivity index (χ1v) is 7.06. The van der Waals surface area contributed by atoms with Crippen molar-refractivity contribution in [2.75, 3.05) is 20.2 Å². The van der Waals surface area contributed by atoms with Gasteiger partial charge in [0.15, 0.2) is 0 Å². The molecule has 4 nitrogen and oxygen atoms in total. The van der Waals surface area contributed by atoms with Crippen LogP contribution in [0.15, 0.2) is 0 Å². The van der Waals surface area contributed by atoms with Crippen LogP contribution >= 0.6 is 0 Å². The normalized spacial score (nSPS) is 35.4. The average molecular weight is 254 g/mol. The van der Waals surface area contributed by atoms with Gasteiger partial charge in [0.1, 0.15) is 0 Å². The molecule has 0 bridgehead atoms. The van der Waals surface area contributed by atoms with Crippen LogP contribution in [-0.4, -0.2) is 49.2 Å². The average Bonchev–Trinajstić information content (AvgIpc) is 2.32. The lowest BCUT2D eigenvalue weighted by molar-refractivity contribution is -0.135. The minimum Gasteiger partial charge on any atom is -0.378 e. The molecule has 2 aliphatic rings. The molecular weight excluding hydrogens is 228 g/mol. The third-order valence-corrected chi connectivity index (χ3v) is 4.61. The van der Waals surface area contributed by atoms with Gasteiger partial charge in [0.2, 0.25) is 5.91 Å². The van der Waals surface area contributed by atoms with Gasteiger partial charge in [0.25, 0.3) is 0 Å². The van der Waals surface area contributed by atoms with Crippen molar-refractivity contribution in [2.45, 2.75) is 58.2 Å². The topological polar surface area (TPSA) is 41.6 Å². The highest BCUT2D eigenvalue weighted by atomic mass is 16.5. The summed E-state index contributed by atoms with van der Waals surface area (Å²) in [4.78, 5) is 13.3. The summed E-state index contributed by atoms with van der Waals surface area (Å²) in [5, 5.41) is 3.71. The summed E-state index contributed by atoms with van der Waals surface area (Å²) in [6.45, 7) is 8.23. The van der Waals surface area contributed by atoms with Crippen molar-refractivity contribution in [3.05, 3.63) is 0 Å². The standard InChI is InChI=1S/C14H26N2O2/c1-5-18-12-8-11(14(12,2)3)15-10-6-7-13(17)16(4)9-10/h10-12,15H,5-9H2,1-4H3. The van der Waals surface area contributed by atoms with Crippen molar-refractivity contribution in [1.29, 1.82) is 0 Å². The Balaban J connectivity index is 1.83. The summed E-state index contributed by atoms with van der Waals surface area (Å²) < 4.78 is 5.75. The number of likely N-dealkylation sites (N-methyl/N-ethyl adjacent to an activating group) is 1. The number of carbonyl (C=O) groups excluding carboxylic acids is 1. The van der Waals surface area contributed by atoms with E-state index < -0.39 is 0 Å². The smallest absolute Gasteiger partial charge is 0.222 e. The van der Waals surface area contributed by atoms with Crippen LogP contribution in [0.2, 0.25) is 0 Å². The van der Waals surface area contributed by atoms with Gasteiger partial charge < -0.3 is 15.0 Å². The molecule has 2 rings (SSSR count). The Hall–Kier alpha value is -0.610.